The average Bonchev–Trinajstić information content (AvgIpc) is 3.29. The van der Waals surface area contributed by atoms with E-state index in [-0.39, 0.29) is 41.1 Å². The van der Waals surface area contributed by atoms with Crippen molar-refractivity contribution in [2.45, 2.75) is 32.0 Å². The van der Waals surface area contributed by atoms with Crippen molar-refractivity contribution < 1.29 is 14.0 Å². The molecule has 0 bridgehead atoms. The zero-order chi connectivity index (χ0) is 24.9. The lowest BCUT2D eigenvalue weighted by Gasteiger charge is -2.40. The van der Waals surface area contributed by atoms with Crippen LogP contribution in [0.1, 0.15) is 40.0 Å². The number of nitrogens with two attached hydrogens (primary N) is 1. The fourth-order valence-corrected chi connectivity index (χ4v) is 4.68. The van der Waals surface area contributed by atoms with Crippen molar-refractivity contribution in [2.24, 2.45) is 10.7 Å². The van der Waals surface area contributed by atoms with E-state index in [1.807, 2.05) is 35.2 Å². The first kappa shape index (κ1) is 24.1. The van der Waals surface area contributed by atoms with E-state index in [0.717, 1.165) is 18.4 Å². The predicted octanol–water partition coefficient (Wildman–Crippen LogP) is 2.65. The van der Waals surface area contributed by atoms with E-state index in [0.29, 0.717) is 25.2 Å². The number of piperidine rings is 1. The minimum Gasteiger partial charge on any atom is -0.404 e. The van der Waals surface area contributed by atoms with E-state index >= 15 is 4.39 Å². The average molecular weight is 477 g/mol. The maximum atomic E-state index is 16.0. The molecule has 1 atom stereocenters. The second-order valence-corrected chi connectivity index (χ2v) is 8.54. The van der Waals surface area contributed by atoms with Gasteiger partial charge in [0.2, 0.25) is 5.91 Å². The first-order valence-electron chi connectivity index (χ1n) is 11.5. The van der Waals surface area contributed by atoms with Crippen molar-refractivity contribution in [1.29, 1.82) is 0 Å². The smallest absolute Gasteiger partial charge is 0.254 e. The molecule has 2 aliphatic rings. The number of nitrogens with one attached hydrogen (secondary N) is 1. The lowest BCUT2D eigenvalue weighted by molar-refractivity contribution is -0.127. The second-order valence-electron chi connectivity index (χ2n) is 8.54. The summed E-state index contributed by atoms with van der Waals surface area (Å²) in [5, 5.41) is 2.70. The van der Waals surface area contributed by atoms with Gasteiger partial charge in [-0.2, -0.15) is 0 Å². The quantitative estimate of drug-likeness (QED) is 0.472. The summed E-state index contributed by atoms with van der Waals surface area (Å²) < 4.78 is 16.0. The summed E-state index contributed by atoms with van der Waals surface area (Å²) in [4.78, 5) is 37.3. The molecular formula is C26H29FN6O2. The third-order valence-electron chi connectivity index (χ3n) is 6.38. The van der Waals surface area contributed by atoms with Gasteiger partial charge in [0.15, 0.2) is 11.6 Å². The number of amides is 2. The fraction of sp³-hybridized carbons (Fsp3) is 0.308. The molecule has 8 nitrogen and oxygen atoms in total. The lowest BCUT2D eigenvalue weighted by atomic mass is 10.00. The standard InChI is InChI=1S/C26H29FN6O2/c1-3-21(34)32-11-7-10-19(16-32)33(15-17-8-5-4-6-9-17)25-23(27)20-14-30-26(35)22(20)24(31-25)18(12-28)13-29-2/h3-6,8-9,12-13,19H,1,7,10-11,14-16,28H2,2H3,(H,30,35). The van der Waals surface area contributed by atoms with Crippen molar-refractivity contribution >= 4 is 29.4 Å². The molecule has 2 aromatic rings. The van der Waals surface area contributed by atoms with E-state index in [1.54, 1.807) is 11.9 Å². The first-order chi connectivity index (χ1) is 17.0. The van der Waals surface area contributed by atoms with E-state index in [9.17, 15) is 9.59 Å². The van der Waals surface area contributed by atoms with Crippen molar-refractivity contribution in [2.75, 3.05) is 25.0 Å². The molecule has 9 heteroatoms. The molecule has 3 N–H and O–H groups in total. The van der Waals surface area contributed by atoms with Crippen molar-refractivity contribution in [3.63, 3.8) is 0 Å². The number of carbonyl (C=O) groups excluding carboxylic acids is 2. The summed E-state index contributed by atoms with van der Waals surface area (Å²) in [5.74, 6) is -0.970. The van der Waals surface area contributed by atoms with Crippen LogP contribution in [0.3, 0.4) is 0 Å². The highest BCUT2D eigenvalue weighted by Gasteiger charge is 2.35. The molecule has 35 heavy (non-hydrogen) atoms. The summed E-state index contributed by atoms with van der Waals surface area (Å²) in [5.41, 5.74) is 7.96. The first-order valence-corrected chi connectivity index (χ1v) is 11.5. The van der Waals surface area contributed by atoms with Crippen molar-refractivity contribution in [1.82, 2.24) is 15.2 Å². The highest BCUT2D eigenvalue weighted by molar-refractivity contribution is 6.14. The summed E-state index contributed by atoms with van der Waals surface area (Å²) >= 11 is 0. The maximum absolute atomic E-state index is 16.0. The SMILES string of the molecule is C=CC(=O)N1CCCC(N(Cc2ccccc2)c2nc(C(C=NC)=CN)c3c(c2F)CNC3=O)C1. The second kappa shape index (κ2) is 10.5. The number of nitrogens with zero attached hydrogens (tertiary/aromatic N) is 4. The van der Waals surface area contributed by atoms with Gasteiger partial charge in [0.1, 0.15) is 0 Å². The summed E-state index contributed by atoms with van der Waals surface area (Å²) in [6.07, 6.45) is 5.65. The van der Waals surface area contributed by atoms with E-state index < -0.39 is 11.7 Å². The van der Waals surface area contributed by atoms with Crippen molar-refractivity contribution in [3.8, 4) is 0 Å². The van der Waals surface area contributed by atoms with Crippen LogP contribution < -0.4 is 16.0 Å². The Hall–Kier alpha value is -4.01. The molecule has 2 aliphatic heterocycles. The van der Waals surface area contributed by atoms with Crippen LogP contribution >= 0.6 is 0 Å². The van der Waals surface area contributed by atoms with Crippen LogP contribution in [-0.2, 0) is 17.9 Å². The van der Waals surface area contributed by atoms with Gasteiger partial charge < -0.3 is 20.9 Å². The molecule has 1 fully saturated rings. The summed E-state index contributed by atoms with van der Waals surface area (Å²) in [7, 11) is 1.59. The number of rotatable bonds is 7. The van der Waals surface area contributed by atoms with E-state index in [4.69, 9.17) is 5.73 Å². The zero-order valence-corrected chi connectivity index (χ0v) is 19.7. The Kier molecular flexibility index (Phi) is 7.24. The zero-order valence-electron chi connectivity index (χ0n) is 19.7. The van der Waals surface area contributed by atoms with Crippen LogP contribution in [0.15, 0.2) is 54.2 Å². The number of hydrogen-bond donors (Lipinski definition) is 2. The molecule has 1 aromatic carbocycles. The van der Waals surface area contributed by atoms with Crippen LogP contribution in [0.4, 0.5) is 10.2 Å². The van der Waals surface area contributed by atoms with Crippen LogP contribution in [0.5, 0.6) is 0 Å². The number of benzene rings is 1. The van der Waals surface area contributed by atoms with Gasteiger partial charge in [-0.25, -0.2) is 9.37 Å². The van der Waals surface area contributed by atoms with Crippen LogP contribution in [0, 0.1) is 5.82 Å². The number of likely N-dealkylation sites (tertiary alicyclic amines) is 1. The minimum absolute atomic E-state index is 0.0640. The van der Waals surface area contributed by atoms with E-state index in [1.165, 1.54) is 18.5 Å². The minimum atomic E-state index is -0.546. The van der Waals surface area contributed by atoms with Crippen molar-refractivity contribution in [3.05, 3.63) is 77.4 Å². The number of aliphatic imine (C=N–C) groups is 1. The number of carbonyl (C=O) groups is 2. The van der Waals surface area contributed by atoms with Gasteiger partial charge in [-0.15, -0.1) is 0 Å². The molecule has 4 rings (SSSR count). The largest absolute Gasteiger partial charge is 0.404 e. The monoisotopic (exact) mass is 476 g/mol. The molecule has 1 saturated heterocycles. The van der Waals surface area contributed by atoms with Gasteiger partial charge >= 0.3 is 0 Å². The fourth-order valence-electron chi connectivity index (χ4n) is 4.68. The highest BCUT2D eigenvalue weighted by atomic mass is 19.1. The summed E-state index contributed by atoms with van der Waals surface area (Å²) in [6.45, 7) is 5.09. The molecule has 0 saturated carbocycles. The Morgan fingerprint density at radius 2 is 2.17 bits per heavy atom. The number of fused-ring (bicyclic) bond motifs is 1. The number of hydrogen-bond acceptors (Lipinski definition) is 6. The molecule has 2 amide bonds. The third-order valence-corrected chi connectivity index (χ3v) is 6.38. The lowest BCUT2D eigenvalue weighted by Crippen LogP contribution is -2.50. The number of halogens is 1. The summed E-state index contributed by atoms with van der Waals surface area (Å²) in [6, 6.07) is 9.52. The Morgan fingerprint density at radius 3 is 2.86 bits per heavy atom. The number of allylic oxidation sites excluding steroid dienone is 1. The third kappa shape index (κ3) is 4.80. The molecular weight excluding hydrogens is 447 g/mol. The Labute approximate surface area is 204 Å². The molecule has 0 radical (unpaired) electrons. The Bertz CT molecular complexity index is 1190. The molecule has 0 spiro atoms. The van der Waals surface area contributed by atoms with Gasteiger partial charge in [-0.3, -0.25) is 14.6 Å². The van der Waals surface area contributed by atoms with Crippen LogP contribution in [0.2, 0.25) is 0 Å². The van der Waals surface area contributed by atoms with Gasteiger partial charge in [0.05, 0.1) is 11.3 Å². The van der Waals surface area contributed by atoms with Crippen LogP contribution in [0.25, 0.3) is 5.57 Å². The maximum Gasteiger partial charge on any atom is 0.254 e. The van der Waals surface area contributed by atoms with Gasteiger partial charge in [-0.1, -0.05) is 36.9 Å². The van der Waals surface area contributed by atoms with Crippen LogP contribution in [-0.4, -0.2) is 54.1 Å². The number of anilines is 1. The highest BCUT2D eigenvalue weighted by Crippen LogP contribution is 2.34. The molecule has 0 aliphatic carbocycles. The van der Waals surface area contributed by atoms with Gasteiger partial charge in [0.25, 0.3) is 5.91 Å². The predicted molar refractivity (Wildman–Crippen MR) is 134 cm³/mol. The number of pyridine rings is 1. The van der Waals surface area contributed by atoms with Gasteiger partial charge in [0, 0.05) is 62.8 Å². The molecule has 1 unspecified atom stereocenters. The molecule has 1 aromatic heterocycles. The molecule has 3 heterocycles. The normalized spacial score (nSPS) is 17.9. The van der Waals surface area contributed by atoms with Gasteiger partial charge in [-0.05, 0) is 24.5 Å². The Balaban J connectivity index is 1.86. The Morgan fingerprint density at radius 1 is 1.40 bits per heavy atom. The number of aromatic nitrogens is 1. The van der Waals surface area contributed by atoms with E-state index in [2.05, 4.69) is 21.9 Å². The molecule has 182 valence electrons. The topological polar surface area (TPSA) is 104 Å².